The van der Waals surface area contributed by atoms with E-state index in [9.17, 15) is 0 Å². The molecule has 2 aromatic rings. The average Bonchev–Trinajstić information content (AvgIpc) is 2.37. The lowest BCUT2D eigenvalue weighted by Gasteiger charge is -2.11. The van der Waals surface area contributed by atoms with E-state index in [1.54, 1.807) is 6.20 Å². The first-order chi connectivity index (χ1) is 8.61. The van der Waals surface area contributed by atoms with E-state index in [1.807, 2.05) is 32.9 Å². The van der Waals surface area contributed by atoms with Gasteiger partial charge in [-0.25, -0.2) is 0 Å². The van der Waals surface area contributed by atoms with Crippen LogP contribution in [0.4, 0.5) is 0 Å². The molecule has 18 heavy (non-hydrogen) atoms. The molecule has 0 aromatic carbocycles. The first kappa shape index (κ1) is 12.4. The van der Waals surface area contributed by atoms with Gasteiger partial charge in [0.05, 0.1) is 11.9 Å². The van der Waals surface area contributed by atoms with Crippen molar-refractivity contribution in [3.05, 3.63) is 40.8 Å². The second-order valence-corrected chi connectivity index (χ2v) is 4.14. The normalized spacial score (nSPS) is 10.4. The number of aromatic nitrogens is 3. The Hall–Kier alpha value is -2.01. The molecule has 0 amide bonds. The lowest BCUT2D eigenvalue weighted by molar-refractivity contribution is 0.444. The van der Waals surface area contributed by atoms with Crippen molar-refractivity contribution in [2.24, 2.45) is 5.73 Å². The molecule has 0 fully saturated rings. The van der Waals surface area contributed by atoms with Gasteiger partial charge in [0, 0.05) is 17.8 Å². The van der Waals surface area contributed by atoms with Crippen molar-refractivity contribution in [2.45, 2.75) is 27.3 Å². The van der Waals surface area contributed by atoms with Gasteiger partial charge in [-0.15, -0.1) is 5.10 Å². The molecular formula is C13H16N4O. The summed E-state index contributed by atoms with van der Waals surface area (Å²) in [4.78, 5) is 4.17. The van der Waals surface area contributed by atoms with Crippen LogP contribution in [0.15, 0.2) is 18.3 Å². The number of nitrogens with zero attached hydrogens (tertiary/aromatic N) is 3. The van der Waals surface area contributed by atoms with Crippen LogP contribution < -0.4 is 10.5 Å². The second-order valence-electron chi connectivity index (χ2n) is 4.14. The third-order valence-electron chi connectivity index (χ3n) is 2.85. The summed E-state index contributed by atoms with van der Waals surface area (Å²) < 4.78 is 5.68. The molecule has 2 N–H and O–H groups in total. The Bertz CT molecular complexity index is 552. The summed E-state index contributed by atoms with van der Waals surface area (Å²) in [6.45, 7) is 6.16. The Labute approximate surface area is 106 Å². The van der Waals surface area contributed by atoms with Gasteiger partial charge in [0.2, 0.25) is 5.88 Å². The van der Waals surface area contributed by atoms with Gasteiger partial charge in [-0.3, -0.25) is 4.98 Å². The summed E-state index contributed by atoms with van der Waals surface area (Å²) in [5.41, 5.74) is 9.43. The maximum atomic E-state index is 5.73. The standard InChI is InChI=1S/C13H16N4O/c1-8-4-5-11(7-15-8)18-13-12(6-14)9(2)10(3)16-17-13/h4-5,7H,6,14H2,1-3H3. The Kier molecular flexibility index (Phi) is 3.53. The molecule has 0 radical (unpaired) electrons. The van der Waals surface area contributed by atoms with Crippen molar-refractivity contribution in [2.75, 3.05) is 0 Å². The Balaban J connectivity index is 2.34. The summed E-state index contributed by atoms with van der Waals surface area (Å²) in [7, 11) is 0. The van der Waals surface area contributed by atoms with Crippen molar-refractivity contribution in [3.8, 4) is 11.6 Å². The monoisotopic (exact) mass is 244 g/mol. The van der Waals surface area contributed by atoms with E-state index in [1.165, 1.54) is 0 Å². The molecule has 0 atom stereocenters. The van der Waals surface area contributed by atoms with Crippen LogP contribution in [0.2, 0.25) is 0 Å². The third-order valence-corrected chi connectivity index (χ3v) is 2.85. The van der Waals surface area contributed by atoms with Gasteiger partial charge in [0.15, 0.2) is 0 Å². The molecule has 0 aliphatic rings. The van der Waals surface area contributed by atoms with Gasteiger partial charge in [0.1, 0.15) is 5.75 Å². The highest BCUT2D eigenvalue weighted by Gasteiger charge is 2.11. The average molecular weight is 244 g/mol. The van der Waals surface area contributed by atoms with Crippen molar-refractivity contribution >= 4 is 0 Å². The molecule has 0 aliphatic carbocycles. The molecule has 0 saturated heterocycles. The molecular weight excluding hydrogens is 228 g/mol. The first-order valence-corrected chi connectivity index (χ1v) is 5.75. The Morgan fingerprint density at radius 2 is 1.94 bits per heavy atom. The number of pyridine rings is 1. The number of rotatable bonds is 3. The summed E-state index contributed by atoms with van der Waals surface area (Å²) in [6.07, 6.45) is 1.66. The minimum atomic E-state index is 0.372. The van der Waals surface area contributed by atoms with E-state index >= 15 is 0 Å². The fourth-order valence-corrected chi connectivity index (χ4v) is 1.58. The minimum Gasteiger partial charge on any atom is -0.436 e. The number of hydrogen-bond acceptors (Lipinski definition) is 5. The van der Waals surface area contributed by atoms with Gasteiger partial charge in [0.25, 0.3) is 0 Å². The van der Waals surface area contributed by atoms with Crippen LogP contribution >= 0.6 is 0 Å². The van der Waals surface area contributed by atoms with E-state index in [-0.39, 0.29) is 0 Å². The van der Waals surface area contributed by atoms with Crippen LogP contribution in [0.3, 0.4) is 0 Å². The van der Waals surface area contributed by atoms with Crippen LogP contribution in [0.5, 0.6) is 11.6 Å². The van der Waals surface area contributed by atoms with Crippen LogP contribution in [0.25, 0.3) is 0 Å². The predicted octanol–water partition coefficient (Wildman–Crippen LogP) is 2.05. The molecule has 0 aliphatic heterocycles. The SMILES string of the molecule is Cc1ccc(Oc2nnc(C)c(C)c2CN)cn1. The molecule has 0 spiro atoms. The smallest absolute Gasteiger partial charge is 0.243 e. The maximum Gasteiger partial charge on any atom is 0.243 e. The van der Waals surface area contributed by atoms with E-state index < -0.39 is 0 Å². The van der Waals surface area contributed by atoms with Gasteiger partial charge in [-0.1, -0.05) is 0 Å². The zero-order valence-electron chi connectivity index (χ0n) is 10.8. The van der Waals surface area contributed by atoms with Gasteiger partial charge < -0.3 is 10.5 Å². The molecule has 94 valence electrons. The van der Waals surface area contributed by atoms with Crippen molar-refractivity contribution in [3.63, 3.8) is 0 Å². The van der Waals surface area contributed by atoms with Crippen molar-refractivity contribution in [1.29, 1.82) is 0 Å². The number of nitrogens with two attached hydrogens (primary N) is 1. The van der Waals surface area contributed by atoms with Gasteiger partial charge >= 0.3 is 0 Å². The highest BCUT2D eigenvalue weighted by atomic mass is 16.5. The minimum absolute atomic E-state index is 0.372. The predicted molar refractivity (Wildman–Crippen MR) is 68.4 cm³/mol. The van der Waals surface area contributed by atoms with Crippen LogP contribution in [0.1, 0.15) is 22.5 Å². The maximum absolute atomic E-state index is 5.73. The van der Waals surface area contributed by atoms with Crippen LogP contribution in [0, 0.1) is 20.8 Å². The molecule has 2 aromatic heterocycles. The zero-order valence-corrected chi connectivity index (χ0v) is 10.8. The second kappa shape index (κ2) is 5.10. The molecule has 2 heterocycles. The number of hydrogen-bond donors (Lipinski definition) is 1. The highest BCUT2D eigenvalue weighted by Crippen LogP contribution is 2.25. The zero-order chi connectivity index (χ0) is 13.1. The van der Waals surface area contributed by atoms with Crippen LogP contribution in [-0.4, -0.2) is 15.2 Å². The molecule has 5 nitrogen and oxygen atoms in total. The fraction of sp³-hybridized carbons (Fsp3) is 0.308. The van der Waals surface area contributed by atoms with E-state index in [0.29, 0.717) is 18.2 Å². The fourth-order valence-electron chi connectivity index (χ4n) is 1.58. The highest BCUT2D eigenvalue weighted by molar-refractivity contribution is 5.37. The topological polar surface area (TPSA) is 73.9 Å². The summed E-state index contributed by atoms with van der Waals surface area (Å²) in [5, 5.41) is 8.10. The molecule has 2 rings (SSSR count). The summed E-state index contributed by atoms with van der Waals surface area (Å²) >= 11 is 0. The lowest BCUT2D eigenvalue weighted by Crippen LogP contribution is -2.07. The van der Waals surface area contributed by atoms with E-state index in [2.05, 4.69) is 15.2 Å². The van der Waals surface area contributed by atoms with E-state index in [4.69, 9.17) is 10.5 Å². The van der Waals surface area contributed by atoms with Crippen molar-refractivity contribution in [1.82, 2.24) is 15.2 Å². The molecule has 5 heteroatoms. The number of aryl methyl sites for hydroxylation is 2. The van der Waals surface area contributed by atoms with Crippen molar-refractivity contribution < 1.29 is 4.74 Å². The largest absolute Gasteiger partial charge is 0.436 e. The molecule has 0 bridgehead atoms. The van der Waals surface area contributed by atoms with Crippen LogP contribution in [-0.2, 0) is 6.54 Å². The quantitative estimate of drug-likeness (QED) is 0.894. The van der Waals surface area contributed by atoms with Gasteiger partial charge in [-0.05, 0) is 38.5 Å². The number of ether oxygens (including phenoxy) is 1. The first-order valence-electron chi connectivity index (χ1n) is 5.75. The van der Waals surface area contributed by atoms with Gasteiger partial charge in [-0.2, -0.15) is 5.10 Å². The lowest BCUT2D eigenvalue weighted by atomic mass is 10.1. The summed E-state index contributed by atoms with van der Waals surface area (Å²) in [5.74, 6) is 1.08. The third kappa shape index (κ3) is 2.46. The Morgan fingerprint density at radius 1 is 1.17 bits per heavy atom. The Morgan fingerprint density at radius 3 is 2.56 bits per heavy atom. The summed E-state index contributed by atoms with van der Waals surface area (Å²) in [6, 6.07) is 3.73. The van der Waals surface area contributed by atoms with E-state index in [0.717, 1.165) is 22.5 Å². The molecule has 0 unspecified atom stereocenters. The molecule has 0 saturated carbocycles.